The lowest BCUT2D eigenvalue weighted by Crippen LogP contribution is -2.57. The highest BCUT2D eigenvalue weighted by Gasteiger charge is 2.33. The number of hydrogen-bond acceptors (Lipinski definition) is 3. The topological polar surface area (TPSA) is 52.6 Å². The molecule has 4 heteroatoms. The van der Waals surface area contributed by atoms with E-state index in [0.29, 0.717) is 25.9 Å². The number of carbonyl (C=O) groups excluding carboxylic acids is 1. The van der Waals surface area contributed by atoms with Crippen LogP contribution in [0.15, 0.2) is 0 Å². The van der Waals surface area contributed by atoms with E-state index in [2.05, 4.69) is 5.32 Å². The monoisotopic (exact) mass is 228 g/mol. The number of rotatable bonds is 3. The van der Waals surface area contributed by atoms with Crippen LogP contribution in [0.2, 0.25) is 0 Å². The maximum absolute atomic E-state index is 12.2. The van der Waals surface area contributed by atoms with E-state index in [1.54, 1.807) is 0 Å². The molecule has 0 atom stereocenters. The smallest absolute Gasteiger partial charge is 0.242 e. The fourth-order valence-corrected chi connectivity index (χ4v) is 2.25. The van der Waals surface area contributed by atoms with Crippen molar-refractivity contribution in [1.29, 1.82) is 0 Å². The van der Waals surface area contributed by atoms with Gasteiger partial charge in [-0.05, 0) is 40.5 Å². The van der Waals surface area contributed by atoms with Gasteiger partial charge in [-0.25, -0.2) is 0 Å². The third kappa shape index (κ3) is 3.46. The summed E-state index contributed by atoms with van der Waals surface area (Å²) in [5, 5.41) is 12.7. The van der Waals surface area contributed by atoms with Crippen LogP contribution in [0.4, 0.5) is 0 Å². The Balaban J connectivity index is 2.56. The summed E-state index contributed by atoms with van der Waals surface area (Å²) >= 11 is 0. The predicted octanol–water partition coefficient (Wildman–Crippen LogP) is 0.746. The Kier molecular flexibility index (Phi) is 4.33. The van der Waals surface area contributed by atoms with Crippen LogP contribution in [-0.4, -0.2) is 46.7 Å². The number of nitrogens with one attached hydrogen (secondary N) is 1. The molecule has 0 aromatic rings. The summed E-state index contributed by atoms with van der Waals surface area (Å²) in [7, 11) is 0. The molecular weight excluding hydrogens is 204 g/mol. The molecule has 1 aliphatic rings. The van der Waals surface area contributed by atoms with Gasteiger partial charge in [0.15, 0.2) is 0 Å². The van der Waals surface area contributed by atoms with E-state index in [-0.39, 0.29) is 18.1 Å². The molecule has 0 saturated carbocycles. The average Bonchev–Trinajstić information content (AvgIpc) is 2.16. The van der Waals surface area contributed by atoms with Crippen molar-refractivity contribution in [2.75, 3.05) is 13.1 Å². The zero-order valence-electron chi connectivity index (χ0n) is 10.8. The molecule has 16 heavy (non-hydrogen) atoms. The van der Waals surface area contributed by atoms with Crippen LogP contribution >= 0.6 is 0 Å². The van der Waals surface area contributed by atoms with Gasteiger partial charge in [0.2, 0.25) is 5.91 Å². The highest BCUT2D eigenvalue weighted by Crippen LogP contribution is 2.15. The fourth-order valence-electron chi connectivity index (χ4n) is 2.25. The van der Waals surface area contributed by atoms with Crippen LogP contribution in [0.5, 0.6) is 0 Å². The number of aliphatic hydroxyl groups excluding tert-OH is 1. The van der Waals surface area contributed by atoms with Gasteiger partial charge >= 0.3 is 0 Å². The van der Waals surface area contributed by atoms with Gasteiger partial charge in [0, 0.05) is 19.1 Å². The molecule has 94 valence electrons. The van der Waals surface area contributed by atoms with Crippen molar-refractivity contribution in [2.24, 2.45) is 0 Å². The zero-order valence-corrected chi connectivity index (χ0v) is 10.8. The summed E-state index contributed by atoms with van der Waals surface area (Å²) in [5.41, 5.74) is -0.517. The van der Waals surface area contributed by atoms with Gasteiger partial charge in [-0.1, -0.05) is 0 Å². The maximum Gasteiger partial charge on any atom is 0.242 e. The van der Waals surface area contributed by atoms with E-state index in [1.165, 1.54) is 0 Å². The highest BCUT2D eigenvalue weighted by molar-refractivity contribution is 5.85. The number of hydrogen-bond donors (Lipinski definition) is 2. The Labute approximate surface area is 98.0 Å². The minimum absolute atomic E-state index is 0.133. The van der Waals surface area contributed by atoms with Crippen molar-refractivity contribution in [3.05, 3.63) is 0 Å². The molecule has 1 amide bonds. The normalized spacial score (nSPS) is 19.2. The first-order chi connectivity index (χ1) is 7.33. The molecule has 0 aromatic carbocycles. The second kappa shape index (κ2) is 5.15. The summed E-state index contributed by atoms with van der Waals surface area (Å²) in [6.45, 7) is 9.25. The summed E-state index contributed by atoms with van der Waals surface area (Å²) in [4.78, 5) is 14.1. The Bertz CT molecular complexity index is 243. The molecule has 1 fully saturated rings. The molecule has 0 radical (unpaired) electrons. The minimum Gasteiger partial charge on any atom is -0.393 e. The first kappa shape index (κ1) is 13.5. The van der Waals surface area contributed by atoms with Crippen LogP contribution in [0, 0.1) is 0 Å². The number of carbonyl (C=O) groups is 1. The van der Waals surface area contributed by atoms with Crippen molar-refractivity contribution in [3.8, 4) is 0 Å². The van der Waals surface area contributed by atoms with Gasteiger partial charge in [-0.3, -0.25) is 4.79 Å². The van der Waals surface area contributed by atoms with E-state index >= 15 is 0 Å². The van der Waals surface area contributed by atoms with Crippen LogP contribution in [0.1, 0.15) is 40.5 Å². The van der Waals surface area contributed by atoms with Crippen molar-refractivity contribution < 1.29 is 9.90 Å². The van der Waals surface area contributed by atoms with Gasteiger partial charge < -0.3 is 15.3 Å². The molecule has 0 spiro atoms. The molecular formula is C12H24N2O2. The molecule has 1 aliphatic heterocycles. The minimum atomic E-state index is -0.517. The summed E-state index contributed by atoms with van der Waals surface area (Å²) in [6, 6.07) is 0.286. The zero-order chi connectivity index (χ0) is 12.3. The fraction of sp³-hybridized carbons (Fsp3) is 0.917. The van der Waals surface area contributed by atoms with Gasteiger partial charge in [-0.15, -0.1) is 0 Å². The number of piperidine rings is 1. The van der Waals surface area contributed by atoms with Gasteiger partial charge in [0.25, 0.3) is 0 Å². The van der Waals surface area contributed by atoms with Gasteiger partial charge in [0.1, 0.15) is 0 Å². The standard InChI is InChI=1S/C12H24N2O2/c1-9(2)13-12(3,4)11(16)14-7-5-10(15)6-8-14/h9-10,13,15H,5-8H2,1-4H3. The van der Waals surface area contributed by atoms with E-state index in [1.807, 2.05) is 32.6 Å². The number of likely N-dealkylation sites (tertiary alicyclic amines) is 1. The van der Waals surface area contributed by atoms with E-state index in [0.717, 1.165) is 0 Å². The molecule has 1 rings (SSSR count). The lowest BCUT2D eigenvalue weighted by atomic mass is 9.99. The van der Waals surface area contributed by atoms with Crippen molar-refractivity contribution in [2.45, 2.75) is 58.2 Å². The highest BCUT2D eigenvalue weighted by atomic mass is 16.3. The van der Waals surface area contributed by atoms with Crippen LogP contribution in [0.25, 0.3) is 0 Å². The Hall–Kier alpha value is -0.610. The van der Waals surface area contributed by atoms with Crippen LogP contribution in [0.3, 0.4) is 0 Å². The Morgan fingerprint density at radius 1 is 1.38 bits per heavy atom. The molecule has 1 heterocycles. The molecule has 0 unspecified atom stereocenters. The second-order valence-corrected chi connectivity index (χ2v) is 5.45. The molecule has 4 nitrogen and oxygen atoms in total. The molecule has 0 aliphatic carbocycles. The van der Waals surface area contributed by atoms with Crippen molar-refractivity contribution in [3.63, 3.8) is 0 Å². The van der Waals surface area contributed by atoms with Gasteiger partial charge in [0.05, 0.1) is 11.6 Å². The number of aliphatic hydroxyl groups is 1. The van der Waals surface area contributed by atoms with Crippen molar-refractivity contribution >= 4 is 5.91 Å². The molecule has 2 N–H and O–H groups in total. The number of nitrogens with zero attached hydrogens (tertiary/aromatic N) is 1. The molecule has 0 bridgehead atoms. The Morgan fingerprint density at radius 3 is 2.31 bits per heavy atom. The van der Waals surface area contributed by atoms with E-state index in [9.17, 15) is 9.90 Å². The van der Waals surface area contributed by atoms with Crippen LogP contribution < -0.4 is 5.32 Å². The van der Waals surface area contributed by atoms with Crippen LogP contribution in [-0.2, 0) is 4.79 Å². The van der Waals surface area contributed by atoms with Crippen molar-refractivity contribution in [1.82, 2.24) is 10.2 Å². The third-order valence-corrected chi connectivity index (χ3v) is 2.94. The summed E-state index contributed by atoms with van der Waals surface area (Å²) < 4.78 is 0. The van der Waals surface area contributed by atoms with E-state index in [4.69, 9.17) is 0 Å². The predicted molar refractivity (Wildman–Crippen MR) is 64.2 cm³/mol. The average molecular weight is 228 g/mol. The quantitative estimate of drug-likeness (QED) is 0.749. The van der Waals surface area contributed by atoms with E-state index < -0.39 is 5.54 Å². The summed E-state index contributed by atoms with van der Waals surface area (Å²) in [6.07, 6.45) is 1.16. The van der Waals surface area contributed by atoms with Gasteiger partial charge in [-0.2, -0.15) is 0 Å². The second-order valence-electron chi connectivity index (χ2n) is 5.45. The largest absolute Gasteiger partial charge is 0.393 e. The molecule has 0 aromatic heterocycles. The first-order valence-electron chi connectivity index (χ1n) is 6.08. The first-order valence-corrected chi connectivity index (χ1v) is 6.08. The third-order valence-electron chi connectivity index (χ3n) is 2.94. The number of amides is 1. The lowest BCUT2D eigenvalue weighted by molar-refractivity contribution is -0.139. The SMILES string of the molecule is CC(C)NC(C)(C)C(=O)N1CCC(O)CC1. The maximum atomic E-state index is 12.2. The summed E-state index contributed by atoms with van der Waals surface area (Å²) in [5.74, 6) is 0.133. The Morgan fingerprint density at radius 2 is 1.88 bits per heavy atom. The lowest BCUT2D eigenvalue weighted by Gasteiger charge is -2.37. The molecule has 1 saturated heterocycles.